The van der Waals surface area contributed by atoms with Crippen molar-refractivity contribution in [3.8, 4) is 0 Å². The molecule has 0 aliphatic heterocycles. The Labute approximate surface area is 105 Å². The first kappa shape index (κ1) is 12.1. The highest BCUT2D eigenvalue weighted by Gasteiger charge is 2.00. The van der Waals surface area contributed by atoms with E-state index in [4.69, 9.17) is 0 Å². The van der Waals surface area contributed by atoms with Crippen LogP contribution in [-0.4, -0.2) is 16.7 Å². The second-order valence-electron chi connectivity index (χ2n) is 3.56. The van der Waals surface area contributed by atoms with Crippen LogP contribution in [0.4, 0.5) is 0 Å². The minimum atomic E-state index is 0.728. The Hall–Kier alpha value is -1.33. The molecule has 1 N–H and O–H groups in total. The summed E-state index contributed by atoms with van der Waals surface area (Å²) in [6.45, 7) is 4.02. The number of nitrogens with zero attached hydrogens (tertiary/aromatic N) is 2. The van der Waals surface area contributed by atoms with Gasteiger partial charge < -0.3 is 9.84 Å². The predicted molar refractivity (Wildman–Crippen MR) is 67.7 cm³/mol. The Morgan fingerprint density at radius 2 is 2.12 bits per heavy atom. The van der Waals surface area contributed by atoms with Gasteiger partial charge in [-0.3, -0.25) is 0 Å². The smallest absolute Gasteiger partial charge is 0.213 e. The molecule has 0 fully saturated rings. The van der Waals surface area contributed by atoms with Crippen molar-refractivity contribution in [1.82, 2.24) is 15.5 Å². The third-order valence-electron chi connectivity index (χ3n) is 2.28. The second kappa shape index (κ2) is 6.42. The van der Waals surface area contributed by atoms with Crippen molar-refractivity contribution in [2.75, 3.05) is 6.54 Å². The lowest BCUT2D eigenvalue weighted by Gasteiger charge is -2.03. The van der Waals surface area contributed by atoms with E-state index in [1.165, 1.54) is 16.9 Å². The first-order valence-electron chi connectivity index (χ1n) is 5.56. The molecule has 0 bridgehead atoms. The van der Waals surface area contributed by atoms with Crippen molar-refractivity contribution in [2.24, 2.45) is 0 Å². The molecule has 0 spiro atoms. The van der Waals surface area contributed by atoms with E-state index in [-0.39, 0.29) is 0 Å². The van der Waals surface area contributed by atoms with Crippen LogP contribution in [0.15, 0.2) is 40.1 Å². The molecule has 0 saturated carbocycles. The van der Waals surface area contributed by atoms with Gasteiger partial charge in [0.05, 0.1) is 5.75 Å². The lowest BCUT2D eigenvalue weighted by atomic mass is 10.2. The summed E-state index contributed by atoms with van der Waals surface area (Å²) in [6.07, 6.45) is 1.36. The Bertz CT molecular complexity index is 428. The van der Waals surface area contributed by atoms with Gasteiger partial charge in [-0.1, -0.05) is 24.2 Å². The van der Waals surface area contributed by atoms with Crippen LogP contribution >= 0.6 is 11.8 Å². The topological polar surface area (TPSA) is 51.0 Å². The Morgan fingerprint density at radius 3 is 2.76 bits per heavy atom. The number of nitrogens with one attached hydrogen (secondary N) is 1. The number of rotatable bonds is 6. The highest BCUT2D eigenvalue weighted by Crippen LogP contribution is 2.21. The summed E-state index contributed by atoms with van der Waals surface area (Å²) in [4.78, 5) is 5.20. The number of aromatic nitrogens is 2. The third kappa shape index (κ3) is 3.87. The molecule has 4 nitrogen and oxygen atoms in total. The zero-order valence-electron chi connectivity index (χ0n) is 9.72. The summed E-state index contributed by atoms with van der Waals surface area (Å²) < 4.78 is 4.68. The Kier molecular flexibility index (Phi) is 4.58. The van der Waals surface area contributed by atoms with Gasteiger partial charge in [0, 0.05) is 11.4 Å². The molecule has 0 radical (unpaired) electrons. The molecular weight excluding hydrogens is 234 g/mol. The molecule has 0 unspecified atom stereocenters. The highest BCUT2D eigenvalue weighted by atomic mass is 32.2. The molecule has 2 rings (SSSR count). The van der Waals surface area contributed by atoms with E-state index in [1.54, 1.807) is 11.8 Å². The molecule has 90 valence electrons. The predicted octanol–water partition coefficient (Wildman–Crippen LogP) is 2.47. The number of hydrogen-bond acceptors (Lipinski definition) is 5. The van der Waals surface area contributed by atoms with Crippen molar-refractivity contribution in [3.63, 3.8) is 0 Å². The first-order valence-corrected chi connectivity index (χ1v) is 6.54. The molecule has 1 aromatic carbocycles. The molecular formula is C12H15N3OS. The van der Waals surface area contributed by atoms with Gasteiger partial charge in [-0.15, -0.1) is 11.8 Å². The van der Waals surface area contributed by atoms with E-state index >= 15 is 0 Å². The van der Waals surface area contributed by atoms with Crippen molar-refractivity contribution in [3.05, 3.63) is 42.0 Å². The van der Waals surface area contributed by atoms with Crippen LogP contribution in [0, 0.1) is 0 Å². The fourth-order valence-corrected chi connectivity index (χ4v) is 2.13. The number of hydrogen-bond donors (Lipinski definition) is 1. The average Bonchev–Trinajstić information content (AvgIpc) is 2.88. The van der Waals surface area contributed by atoms with E-state index in [1.807, 2.05) is 0 Å². The molecule has 5 heteroatoms. The maximum absolute atomic E-state index is 4.68. The average molecular weight is 249 g/mol. The SMILES string of the molecule is CCNCc1ccc(SCc2ncon2)cc1. The Morgan fingerprint density at radius 1 is 1.29 bits per heavy atom. The molecule has 0 aliphatic carbocycles. The van der Waals surface area contributed by atoms with Gasteiger partial charge in [0.25, 0.3) is 0 Å². The van der Waals surface area contributed by atoms with Gasteiger partial charge in [0.1, 0.15) is 0 Å². The third-order valence-corrected chi connectivity index (χ3v) is 3.29. The van der Waals surface area contributed by atoms with Gasteiger partial charge in [0.2, 0.25) is 6.39 Å². The van der Waals surface area contributed by atoms with E-state index in [0.29, 0.717) is 0 Å². The van der Waals surface area contributed by atoms with Crippen molar-refractivity contribution in [2.45, 2.75) is 24.1 Å². The summed E-state index contributed by atoms with van der Waals surface area (Å²) in [6, 6.07) is 8.53. The fourth-order valence-electron chi connectivity index (χ4n) is 1.38. The fraction of sp³-hybridized carbons (Fsp3) is 0.333. The molecule has 1 aromatic heterocycles. The van der Waals surface area contributed by atoms with E-state index in [0.717, 1.165) is 24.7 Å². The molecule has 0 atom stereocenters. The molecule has 0 aliphatic rings. The summed E-state index contributed by atoms with van der Waals surface area (Å²) in [5.74, 6) is 1.47. The van der Waals surface area contributed by atoms with Crippen LogP contribution in [0.2, 0.25) is 0 Å². The van der Waals surface area contributed by atoms with Crippen LogP contribution in [0.25, 0.3) is 0 Å². The quantitative estimate of drug-likeness (QED) is 0.797. The molecule has 0 amide bonds. The zero-order valence-corrected chi connectivity index (χ0v) is 10.5. The lowest BCUT2D eigenvalue weighted by molar-refractivity contribution is 0.412. The minimum Gasteiger partial charge on any atom is -0.343 e. The van der Waals surface area contributed by atoms with Crippen molar-refractivity contribution < 1.29 is 4.52 Å². The summed E-state index contributed by atoms with van der Waals surface area (Å²) >= 11 is 1.71. The molecule has 2 aromatic rings. The second-order valence-corrected chi connectivity index (χ2v) is 4.61. The summed E-state index contributed by atoms with van der Waals surface area (Å²) in [7, 11) is 0. The van der Waals surface area contributed by atoms with E-state index < -0.39 is 0 Å². The molecule has 1 heterocycles. The van der Waals surface area contributed by atoms with E-state index in [9.17, 15) is 0 Å². The standard InChI is InChI=1S/C12H15N3OS/c1-2-13-7-10-3-5-11(6-4-10)17-8-12-14-9-16-15-12/h3-6,9,13H,2,7-8H2,1H3. The van der Waals surface area contributed by atoms with Gasteiger partial charge in [-0.05, 0) is 24.2 Å². The maximum atomic E-state index is 4.68. The summed E-state index contributed by atoms with van der Waals surface area (Å²) in [5.41, 5.74) is 1.30. The number of thioether (sulfide) groups is 1. The first-order chi connectivity index (χ1) is 8.38. The minimum absolute atomic E-state index is 0.728. The zero-order chi connectivity index (χ0) is 11.9. The molecule has 0 saturated heterocycles. The monoisotopic (exact) mass is 249 g/mol. The normalized spacial score (nSPS) is 10.6. The van der Waals surface area contributed by atoms with Crippen LogP contribution in [0.3, 0.4) is 0 Å². The van der Waals surface area contributed by atoms with Crippen molar-refractivity contribution >= 4 is 11.8 Å². The van der Waals surface area contributed by atoms with Gasteiger partial charge in [0.15, 0.2) is 5.82 Å². The largest absolute Gasteiger partial charge is 0.343 e. The lowest BCUT2D eigenvalue weighted by Crippen LogP contribution is -2.11. The van der Waals surface area contributed by atoms with Gasteiger partial charge >= 0.3 is 0 Å². The van der Waals surface area contributed by atoms with Crippen LogP contribution in [-0.2, 0) is 12.3 Å². The van der Waals surface area contributed by atoms with Crippen LogP contribution < -0.4 is 5.32 Å². The summed E-state index contributed by atoms with van der Waals surface area (Å²) in [5, 5.41) is 7.07. The maximum Gasteiger partial charge on any atom is 0.213 e. The highest BCUT2D eigenvalue weighted by molar-refractivity contribution is 7.98. The van der Waals surface area contributed by atoms with Crippen LogP contribution in [0.5, 0.6) is 0 Å². The Balaban J connectivity index is 1.85. The van der Waals surface area contributed by atoms with Crippen molar-refractivity contribution in [1.29, 1.82) is 0 Å². The van der Waals surface area contributed by atoms with Gasteiger partial charge in [-0.25, -0.2) is 0 Å². The number of benzene rings is 1. The van der Waals surface area contributed by atoms with E-state index in [2.05, 4.69) is 51.2 Å². The van der Waals surface area contributed by atoms with Crippen LogP contribution in [0.1, 0.15) is 18.3 Å². The van der Waals surface area contributed by atoms with Gasteiger partial charge in [-0.2, -0.15) is 4.98 Å². The molecule has 17 heavy (non-hydrogen) atoms.